The molecule has 1 aromatic rings. The van der Waals surface area contributed by atoms with Crippen LogP contribution in [0.1, 0.15) is 15.9 Å². The van der Waals surface area contributed by atoms with Crippen LogP contribution in [0.15, 0.2) is 24.3 Å². The molecule has 0 spiro atoms. The number of benzene rings is 1. The van der Waals surface area contributed by atoms with Crippen molar-refractivity contribution in [1.82, 2.24) is 0 Å². The standard InChI is InChI=1S/C10H11NO3S/c11-9(12)6-15-5-7-2-1-3-8(4-7)10(13)14/h1-4H,5-6H2,(H2,11,12)(H,13,14). The molecule has 0 saturated heterocycles. The number of primary amides is 1. The first kappa shape index (κ1) is 11.6. The quantitative estimate of drug-likeness (QED) is 0.786. The molecule has 15 heavy (non-hydrogen) atoms. The third-order valence-corrected chi connectivity index (χ3v) is 2.71. The largest absolute Gasteiger partial charge is 0.478 e. The SMILES string of the molecule is NC(=O)CSCc1cccc(C(=O)O)c1. The third kappa shape index (κ3) is 4.03. The zero-order valence-corrected chi connectivity index (χ0v) is 8.79. The molecule has 0 aliphatic heterocycles. The predicted octanol–water partition coefficient (Wildman–Crippen LogP) is 1.10. The average Bonchev–Trinajstić information content (AvgIpc) is 2.17. The van der Waals surface area contributed by atoms with Crippen LogP contribution in [0.25, 0.3) is 0 Å². The maximum atomic E-state index is 10.7. The van der Waals surface area contributed by atoms with E-state index in [2.05, 4.69) is 0 Å². The van der Waals surface area contributed by atoms with Crippen LogP contribution < -0.4 is 5.73 Å². The Hall–Kier alpha value is -1.49. The molecule has 0 saturated carbocycles. The van der Waals surface area contributed by atoms with Gasteiger partial charge in [-0.25, -0.2) is 4.79 Å². The number of aromatic carboxylic acids is 1. The Kier molecular flexibility index (Phi) is 4.17. The molecule has 1 rings (SSSR count). The van der Waals surface area contributed by atoms with Crippen LogP contribution in [0.2, 0.25) is 0 Å². The summed E-state index contributed by atoms with van der Waals surface area (Å²) in [7, 11) is 0. The second-order valence-corrected chi connectivity index (χ2v) is 3.95. The molecule has 0 aromatic heterocycles. The minimum Gasteiger partial charge on any atom is -0.478 e. The molecule has 1 amide bonds. The molecule has 5 heteroatoms. The van der Waals surface area contributed by atoms with Crippen LogP contribution in [0.5, 0.6) is 0 Å². The highest BCUT2D eigenvalue weighted by Gasteiger charge is 2.03. The molecule has 0 bridgehead atoms. The van der Waals surface area contributed by atoms with E-state index in [1.807, 2.05) is 6.07 Å². The lowest BCUT2D eigenvalue weighted by Crippen LogP contribution is -2.13. The van der Waals surface area contributed by atoms with Crippen molar-refractivity contribution in [1.29, 1.82) is 0 Å². The summed E-state index contributed by atoms with van der Waals surface area (Å²) in [6.45, 7) is 0. The molecular weight excluding hydrogens is 214 g/mol. The highest BCUT2D eigenvalue weighted by molar-refractivity contribution is 7.99. The van der Waals surface area contributed by atoms with Gasteiger partial charge in [-0.3, -0.25) is 4.79 Å². The Morgan fingerprint density at radius 1 is 1.40 bits per heavy atom. The number of nitrogens with two attached hydrogens (primary N) is 1. The van der Waals surface area contributed by atoms with E-state index in [9.17, 15) is 9.59 Å². The second kappa shape index (κ2) is 5.41. The monoisotopic (exact) mass is 225 g/mol. The normalized spacial score (nSPS) is 9.87. The molecule has 0 atom stereocenters. The number of carboxylic acid groups (broad SMARTS) is 1. The highest BCUT2D eigenvalue weighted by Crippen LogP contribution is 2.13. The average molecular weight is 225 g/mol. The van der Waals surface area contributed by atoms with Gasteiger partial charge in [-0.05, 0) is 17.7 Å². The molecule has 0 aliphatic rings. The van der Waals surface area contributed by atoms with Gasteiger partial charge in [-0.1, -0.05) is 12.1 Å². The van der Waals surface area contributed by atoms with Crippen LogP contribution in [-0.4, -0.2) is 22.7 Å². The van der Waals surface area contributed by atoms with Crippen molar-refractivity contribution in [2.75, 3.05) is 5.75 Å². The fourth-order valence-corrected chi connectivity index (χ4v) is 1.78. The zero-order valence-electron chi connectivity index (χ0n) is 7.97. The lowest BCUT2D eigenvalue weighted by atomic mass is 10.1. The van der Waals surface area contributed by atoms with Crippen molar-refractivity contribution in [2.24, 2.45) is 5.73 Å². The van der Waals surface area contributed by atoms with Crippen LogP contribution in [0.4, 0.5) is 0 Å². The third-order valence-electron chi connectivity index (χ3n) is 1.69. The number of amides is 1. The van der Waals surface area contributed by atoms with Gasteiger partial charge in [0.1, 0.15) is 0 Å². The lowest BCUT2D eigenvalue weighted by molar-refractivity contribution is -0.115. The first-order valence-corrected chi connectivity index (χ1v) is 5.43. The second-order valence-electron chi connectivity index (χ2n) is 2.96. The summed E-state index contributed by atoms with van der Waals surface area (Å²) in [5.41, 5.74) is 6.11. The number of carboxylic acids is 1. The topological polar surface area (TPSA) is 80.4 Å². The summed E-state index contributed by atoms with van der Waals surface area (Å²) in [6, 6.07) is 6.63. The molecule has 0 heterocycles. The number of thioether (sulfide) groups is 1. The number of carbonyl (C=O) groups excluding carboxylic acids is 1. The van der Waals surface area contributed by atoms with E-state index in [0.717, 1.165) is 5.56 Å². The Morgan fingerprint density at radius 3 is 2.73 bits per heavy atom. The van der Waals surface area contributed by atoms with Crippen molar-refractivity contribution in [3.63, 3.8) is 0 Å². The molecule has 80 valence electrons. The molecule has 3 N–H and O–H groups in total. The Bertz CT molecular complexity index is 379. The minimum absolute atomic E-state index is 0.247. The summed E-state index contributed by atoms with van der Waals surface area (Å²) in [5.74, 6) is -0.479. The van der Waals surface area contributed by atoms with E-state index in [1.54, 1.807) is 12.1 Å². The van der Waals surface area contributed by atoms with E-state index in [-0.39, 0.29) is 17.2 Å². The number of hydrogen-bond acceptors (Lipinski definition) is 3. The van der Waals surface area contributed by atoms with Crippen molar-refractivity contribution in [2.45, 2.75) is 5.75 Å². The van der Waals surface area contributed by atoms with Gasteiger partial charge in [0.15, 0.2) is 0 Å². The van der Waals surface area contributed by atoms with Crippen LogP contribution >= 0.6 is 11.8 Å². The zero-order chi connectivity index (χ0) is 11.3. The number of carbonyl (C=O) groups is 2. The summed E-state index contributed by atoms with van der Waals surface area (Å²) >= 11 is 1.37. The van der Waals surface area contributed by atoms with E-state index in [0.29, 0.717) is 5.75 Å². The Labute approximate surface area is 91.5 Å². The summed E-state index contributed by atoms with van der Waals surface area (Å²) in [4.78, 5) is 21.1. The summed E-state index contributed by atoms with van der Waals surface area (Å²) < 4.78 is 0. The van der Waals surface area contributed by atoms with E-state index in [1.165, 1.54) is 17.8 Å². The fraction of sp³-hybridized carbons (Fsp3) is 0.200. The minimum atomic E-state index is -0.947. The first-order valence-electron chi connectivity index (χ1n) is 4.28. The lowest BCUT2D eigenvalue weighted by Gasteiger charge is -2.01. The Morgan fingerprint density at radius 2 is 2.13 bits per heavy atom. The van der Waals surface area contributed by atoms with Gasteiger partial charge >= 0.3 is 5.97 Å². The van der Waals surface area contributed by atoms with Crippen LogP contribution in [-0.2, 0) is 10.5 Å². The smallest absolute Gasteiger partial charge is 0.335 e. The predicted molar refractivity (Wildman–Crippen MR) is 58.8 cm³/mol. The van der Waals surface area contributed by atoms with Crippen LogP contribution in [0.3, 0.4) is 0 Å². The number of rotatable bonds is 5. The molecule has 0 fully saturated rings. The van der Waals surface area contributed by atoms with Gasteiger partial charge in [0.2, 0.25) is 5.91 Å². The molecule has 4 nitrogen and oxygen atoms in total. The first-order chi connectivity index (χ1) is 7.09. The van der Waals surface area contributed by atoms with Gasteiger partial charge in [0.05, 0.1) is 11.3 Å². The van der Waals surface area contributed by atoms with Crippen molar-refractivity contribution >= 4 is 23.6 Å². The van der Waals surface area contributed by atoms with Crippen molar-refractivity contribution in [3.8, 4) is 0 Å². The Balaban J connectivity index is 2.58. The molecule has 0 aliphatic carbocycles. The van der Waals surface area contributed by atoms with Gasteiger partial charge in [-0.2, -0.15) is 0 Å². The molecular formula is C10H11NO3S. The molecule has 0 unspecified atom stereocenters. The maximum absolute atomic E-state index is 10.7. The van der Waals surface area contributed by atoms with E-state index in [4.69, 9.17) is 10.8 Å². The summed E-state index contributed by atoms with van der Waals surface area (Å²) in [5, 5.41) is 8.74. The molecule has 1 aromatic carbocycles. The van der Waals surface area contributed by atoms with Crippen molar-refractivity contribution in [3.05, 3.63) is 35.4 Å². The van der Waals surface area contributed by atoms with Gasteiger partial charge in [-0.15, -0.1) is 11.8 Å². The van der Waals surface area contributed by atoms with E-state index < -0.39 is 5.97 Å². The summed E-state index contributed by atoms with van der Waals surface area (Å²) in [6.07, 6.45) is 0. The van der Waals surface area contributed by atoms with Crippen molar-refractivity contribution < 1.29 is 14.7 Å². The van der Waals surface area contributed by atoms with Gasteiger partial charge in [0.25, 0.3) is 0 Å². The maximum Gasteiger partial charge on any atom is 0.335 e. The molecule has 0 radical (unpaired) electrons. The highest BCUT2D eigenvalue weighted by atomic mass is 32.2. The number of hydrogen-bond donors (Lipinski definition) is 2. The van der Waals surface area contributed by atoms with Crippen LogP contribution in [0, 0.1) is 0 Å². The van der Waals surface area contributed by atoms with Gasteiger partial charge in [0, 0.05) is 5.75 Å². The fourth-order valence-electron chi connectivity index (χ4n) is 1.06. The van der Waals surface area contributed by atoms with Gasteiger partial charge < -0.3 is 10.8 Å². The van der Waals surface area contributed by atoms with E-state index >= 15 is 0 Å².